The molecule has 9 heteroatoms. The number of carbonyl (C=O) groups excluding carboxylic acids is 2. The molecule has 26 heavy (non-hydrogen) atoms. The maximum atomic E-state index is 12.3. The second-order valence-electron chi connectivity index (χ2n) is 5.39. The van der Waals surface area contributed by atoms with Crippen molar-refractivity contribution in [2.24, 2.45) is 5.73 Å². The average Bonchev–Trinajstić information content (AvgIpc) is 2.61. The maximum Gasteiger partial charge on any atom is 0.269 e. The summed E-state index contributed by atoms with van der Waals surface area (Å²) in [7, 11) is 1.40. The highest BCUT2D eigenvalue weighted by molar-refractivity contribution is 6.30. The summed E-state index contributed by atoms with van der Waals surface area (Å²) in [4.78, 5) is 34.4. The summed E-state index contributed by atoms with van der Waals surface area (Å²) in [6.45, 7) is 0. The van der Waals surface area contributed by atoms with Crippen molar-refractivity contribution in [1.29, 1.82) is 0 Å². The molecule has 0 fully saturated rings. The predicted octanol–water partition coefficient (Wildman–Crippen LogP) is 2.08. The van der Waals surface area contributed by atoms with Gasteiger partial charge in [0.25, 0.3) is 11.6 Å². The summed E-state index contributed by atoms with van der Waals surface area (Å²) < 4.78 is 5.16. The Kier molecular flexibility index (Phi) is 6.13. The first-order valence-corrected chi connectivity index (χ1v) is 7.86. The number of ether oxygens (including phenoxy) is 1. The third-order valence-corrected chi connectivity index (χ3v) is 3.91. The van der Waals surface area contributed by atoms with Gasteiger partial charge in [0.05, 0.1) is 12.0 Å². The van der Waals surface area contributed by atoms with Gasteiger partial charge in [0.15, 0.2) is 0 Å². The first kappa shape index (κ1) is 19.2. The van der Waals surface area contributed by atoms with Gasteiger partial charge in [0, 0.05) is 34.7 Å². The molecule has 136 valence electrons. The van der Waals surface area contributed by atoms with Gasteiger partial charge in [0.2, 0.25) is 5.91 Å². The molecule has 0 aliphatic heterocycles. The molecule has 0 aromatic heterocycles. The Hall–Kier alpha value is -3.13. The first-order valence-electron chi connectivity index (χ1n) is 7.49. The lowest BCUT2D eigenvalue weighted by Gasteiger charge is -2.17. The molecule has 1 atom stereocenters. The summed E-state index contributed by atoms with van der Waals surface area (Å²) in [5.74, 6) is -0.946. The molecular weight excluding hydrogens is 362 g/mol. The summed E-state index contributed by atoms with van der Waals surface area (Å²) in [6, 6.07) is 9.00. The third-order valence-electron chi connectivity index (χ3n) is 3.65. The standard InChI is InChI=1S/C17H16ClN3O5/c1-26-15-7-6-13(21(24)25)8-11(15)9-14(16(19)22)20-17(23)10-2-4-12(18)5-3-10/h2-8,14H,9H2,1H3,(H2,19,22)(H,20,23)/t14-/m1/s1. The van der Waals surface area contributed by atoms with E-state index in [0.29, 0.717) is 21.9 Å². The Bertz CT molecular complexity index is 839. The van der Waals surface area contributed by atoms with E-state index in [0.717, 1.165) is 0 Å². The van der Waals surface area contributed by atoms with Gasteiger partial charge >= 0.3 is 0 Å². The Balaban J connectivity index is 2.24. The van der Waals surface area contributed by atoms with E-state index in [1.165, 1.54) is 37.4 Å². The minimum Gasteiger partial charge on any atom is -0.496 e. The predicted molar refractivity (Wildman–Crippen MR) is 95.3 cm³/mol. The van der Waals surface area contributed by atoms with Crippen LogP contribution in [0.1, 0.15) is 15.9 Å². The second kappa shape index (κ2) is 8.30. The fourth-order valence-electron chi connectivity index (χ4n) is 2.32. The van der Waals surface area contributed by atoms with Gasteiger partial charge < -0.3 is 15.8 Å². The zero-order valence-corrected chi connectivity index (χ0v) is 14.5. The molecular formula is C17H16ClN3O5. The molecule has 0 aliphatic rings. The third kappa shape index (κ3) is 4.70. The molecule has 2 amide bonds. The van der Waals surface area contributed by atoms with Crippen LogP contribution in [-0.2, 0) is 11.2 Å². The molecule has 0 radical (unpaired) electrons. The topological polar surface area (TPSA) is 125 Å². The van der Waals surface area contributed by atoms with Crippen LogP contribution in [0.25, 0.3) is 0 Å². The van der Waals surface area contributed by atoms with E-state index in [2.05, 4.69) is 5.32 Å². The van der Waals surface area contributed by atoms with Crippen LogP contribution in [-0.4, -0.2) is 29.9 Å². The van der Waals surface area contributed by atoms with E-state index < -0.39 is 22.8 Å². The van der Waals surface area contributed by atoms with E-state index in [9.17, 15) is 19.7 Å². The molecule has 0 aliphatic carbocycles. The van der Waals surface area contributed by atoms with Crippen LogP contribution in [0, 0.1) is 10.1 Å². The van der Waals surface area contributed by atoms with E-state index >= 15 is 0 Å². The highest BCUT2D eigenvalue weighted by atomic mass is 35.5. The number of nitrogens with two attached hydrogens (primary N) is 1. The van der Waals surface area contributed by atoms with Crippen LogP contribution in [0.2, 0.25) is 5.02 Å². The minimum atomic E-state index is -1.07. The minimum absolute atomic E-state index is 0.0560. The number of hydrogen-bond acceptors (Lipinski definition) is 5. The van der Waals surface area contributed by atoms with Crippen molar-refractivity contribution < 1.29 is 19.2 Å². The number of benzene rings is 2. The van der Waals surface area contributed by atoms with Gasteiger partial charge in [0.1, 0.15) is 11.8 Å². The Morgan fingerprint density at radius 2 is 1.92 bits per heavy atom. The number of nitro benzene ring substituents is 1. The molecule has 0 saturated carbocycles. The Labute approximate surface area is 154 Å². The van der Waals surface area contributed by atoms with E-state index in [4.69, 9.17) is 22.1 Å². The van der Waals surface area contributed by atoms with Crippen LogP contribution in [0.3, 0.4) is 0 Å². The molecule has 2 aromatic carbocycles. The van der Waals surface area contributed by atoms with Gasteiger partial charge in [-0.15, -0.1) is 0 Å². The number of nitrogens with zero attached hydrogens (tertiary/aromatic N) is 1. The van der Waals surface area contributed by atoms with Crippen molar-refractivity contribution in [3.8, 4) is 5.75 Å². The number of hydrogen-bond donors (Lipinski definition) is 2. The number of nitrogens with one attached hydrogen (secondary N) is 1. The van der Waals surface area contributed by atoms with Crippen molar-refractivity contribution >= 4 is 29.1 Å². The van der Waals surface area contributed by atoms with Gasteiger partial charge in [-0.05, 0) is 30.3 Å². The fraction of sp³-hybridized carbons (Fsp3) is 0.176. The molecule has 0 bridgehead atoms. The van der Waals surface area contributed by atoms with Gasteiger partial charge in [-0.1, -0.05) is 11.6 Å². The molecule has 8 nitrogen and oxygen atoms in total. The smallest absolute Gasteiger partial charge is 0.269 e. The summed E-state index contributed by atoms with van der Waals surface area (Å²) >= 11 is 5.78. The molecule has 2 aromatic rings. The van der Waals surface area contributed by atoms with Crippen LogP contribution in [0.15, 0.2) is 42.5 Å². The van der Waals surface area contributed by atoms with Crippen molar-refractivity contribution in [1.82, 2.24) is 5.32 Å². The highest BCUT2D eigenvalue weighted by Gasteiger charge is 2.22. The van der Waals surface area contributed by atoms with E-state index in [1.807, 2.05) is 0 Å². The quantitative estimate of drug-likeness (QED) is 0.564. The summed E-state index contributed by atoms with van der Waals surface area (Å²) in [5, 5.41) is 13.9. The molecule has 0 heterocycles. The first-order chi connectivity index (χ1) is 12.3. The number of non-ortho nitro benzene ring substituents is 1. The second-order valence-corrected chi connectivity index (χ2v) is 5.83. The van der Waals surface area contributed by atoms with E-state index in [-0.39, 0.29) is 12.1 Å². The zero-order chi connectivity index (χ0) is 19.3. The summed E-state index contributed by atoms with van der Waals surface area (Å²) in [5.41, 5.74) is 5.89. The van der Waals surface area contributed by atoms with Crippen molar-refractivity contribution in [3.63, 3.8) is 0 Å². The highest BCUT2D eigenvalue weighted by Crippen LogP contribution is 2.25. The molecule has 0 saturated heterocycles. The van der Waals surface area contributed by atoms with Crippen molar-refractivity contribution in [3.05, 3.63) is 68.7 Å². The number of primary amides is 1. The number of carbonyl (C=O) groups is 2. The lowest BCUT2D eigenvalue weighted by Crippen LogP contribution is -2.45. The van der Waals surface area contributed by atoms with Crippen LogP contribution < -0.4 is 15.8 Å². The zero-order valence-electron chi connectivity index (χ0n) is 13.8. The number of rotatable bonds is 7. The normalized spacial score (nSPS) is 11.5. The lowest BCUT2D eigenvalue weighted by atomic mass is 10.0. The number of methoxy groups -OCH3 is 1. The fourth-order valence-corrected chi connectivity index (χ4v) is 2.45. The van der Waals surface area contributed by atoms with Gasteiger partial charge in [-0.2, -0.15) is 0 Å². The largest absolute Gasteiger partial charge is 0.496 e. The molecule has 3 N–H and O–H groups in total. The molecule has 2 rings (SSSR count). The average molecular weight is 378 g/mol. The monoisotopic (exact) mass is 377 g/mol. The van der Waals surface area contributed by atoms with Gasteiger partial charge in [-0.3, -0.25) is 19.7 Å². The Morgan fingerprint density at radius 3 is 2.46 bits per heavy atom. The van der Waals surface area contributed by atoms with Crippen molar-refractivity contribution in [2.45, 2.75) is 12.5 Å². The number of amides is 2. The lowest BCUT2D eigenvalue weighted by molar-refractivity contribution is -0.384. The number of halogens is 1. The molecule has 0 unspecified atom stereocenters. The SMILES string of the molecule is COc1ccc([N+](=O)[O-])cc1C[C@@H](NC(=O)c1ccc(Cl)cc1)C(N)=O. The molecule has 0 spiro atoms. The van der Waals surface area contributed by atoms with Crippen LogP contribution in [0.5, 0.6) is 5.75 Å². The number of nitro groups is 1. The van der Waals surface area contributed by atoms with Crippen molar-refractivity contribution in [2.75, 3.05) is 7.11 Å². The van der Waals surface area contributed by atoms with Crippen LogP contribution >= 0.6 is 11.6 Å². The Morgan fingerprint density at radius 1 is 1.27 bits per heavy atom. The van der Waals surface area contributed by atoms with E-state index in [1.54, 1.807) is 12.1 Å². The van der Waals surface area contributed by atoms with Crippen LogP contribution in [0.4, 0.5) is 5.69 Å². The summed E-state index contributed by atoms with van der Waals surface area (Å²) in [6.07, 6.45) is -0.0560. The maximum absolute atomic E-state index is 12.3. The van der Waals surface area contributed by atoms with Gasteiger partial charge in [-0.25, -0.2) is 0 Å².